The standard InChI is InChI=1S/C24H26N2O3/c1-15-6-8-21-19(11-15)20(13-17(3)25-21)24(27)26-22-9-7-16(2)12-23(22)29-14-18-5-4-10-28-18/h6-9,11-13,18H,4-5,10,14H2,1-3H3,(H,26,27). The second-order valence-corrected chi connectivity index (χ2v) is 7.73. The van der Waals surface area contributed by atoms with Gasteiger partial charge < -0.3 is 14.8 Å². The van der Waals surface area contributed by atoms with Crippen LogP contribution in [0, 0.1) is 20.8 Å². The molecule has 4 rings (SSSR count). The number of rotatable bonds is 5. The number of amides is 1. The lowest BCUT2D eigenvalue weighted by atomic mass is 10.0. The average Bonchev–Trinajstić information content (AvgIpc) is 3.21. The summed E-state index contributed by atoms with van der Waals surface area (Å²) in [6.45, 7) is 7.20. The van der Waals surface area contributed by atoms with Crippen molar-refractivity contribution in [2.75, 3.05) is 18.5 Å². The molecule has 150 valence electrons. The molecule has 1 amide bonds. The molecule has 1 saturated heterocycles. The van der Waals surface area contributed by atoms with E-state index in [0.717, 1.165) is 47.2 Å². The van der Waals surface area contributed by atoms with Crippen molar-refractivity contribution >= 4 is 22.5 Å². The van der Waals surface area contributed by atoms with Gasteiger partial charge in [-0.25, -0.2) is 0 Å². The van der Waals surface area contributed by atoms with Crippen LogP contribution in [-0.4, -0.2) is 30.2 Å². The quantitative estimate of drug-likeness (QED) is 0.668. The van der Waals surface area contributed by atoms with Crippen LogP contribution >= 0.6 is 0 Å². The Morgan fingerprint density at radius 1 is 1.14 bits per heavy atom. The van der Waals surface area contributed by atoms with Gasteiger partial charge in [0.2, 0.25) is 0 Å². The lowest BCUT2D eigenvalue weighted by Gasteiger charge is -2.16. The SMILES string of the molecule is Cc1ccc(NC(=O)c2cc(C)nc3ccc(C)cc23)c(OCC2CCCO2)c1. The number of ether oxygens (including phenoxy) is 2. The summed E-state index contributed by atoms with van der Waals surface area (Å²) >= 11 is 0. The lowest BCUT2D eigenvalue weighted by molar-refractivity contribution is 0.0681. The molecule has 1 N–H and O–H groups in total. The molecule has 2 heterocycles. The highest BCUT2D eigenvalue weighted by atomic mass is 16.5. The van der Waals surface area contributed by atoms with Gasteiger partial charge in [-0.15, -0.1) is 0 Å². The summed E-state index contributed by atoms with van der Waals surface area (Å²) < 4.78 is 11.7. The molecule has 3 aromatic rings. The highest BCUT2D eigenvalue weighted by Crippen LogP contribution is 2.28. The summed E-state index contributed by atoms with van der Waals surface area (Å²) in [5, 5.41) is 3.88. The number of hydrogen-bond donors (Lipinski definition) is 1. The van der Waals surface area contributed by atoms with Crippen molar-refractivity contribution in [1.82, 2.24) is 4.98 Å². The largest absolute Gasteiger partial charge is 0.489 e. The predicted molar refractivity (Wildman–Crippen MR) is 115 cm³/mol. The first-order valence-electron chi connectivity index (χ1n) is 10.0. The number of aryl methyl sites for hydroxylation is 3. The van der Waals surface area contributed by atoms with Gasteiger partial charge in [0.1, 0.15) is 12.4 Å². The van der Waals surface area contributed by atoms with Crippen molar-refractivity contribution in [1.29, 1.82) is 0 Å². The maximum atomic E-state index is 13.2. The van der Waals surface area contributed by atoms with E-state index in [1.165, 1.54) is 0 Å². The van der Waals surface area contributed by atoms with Gasteiger partial charge in [0.05, 0.1) is 22.9 Å². The number of aromatic nitrogens is 1. The minimum Gasteiger partial charge on any atom is -0.489 e. The van der Waals surface area contributed by atoms with Crippen LogP contribution in [0.15, 0.2) is 42.5 Å². The van der Waals surface area contributed by atoms with Gasteiger partial charge in [-0.3, -0.25) is 9.78 Å². The number of fused-ring (bicyclic) bond motifs is 1. The van der Waals surface area contributed by atoms with Crippen molar-refractivity contribution in [2.24, 2.45) is 0 Å². The topological polar surface area (TPSA) is 60.5 Å². The fraction of sp³-hybridized carbons (Fsp3) is 0.333. The van der Waals surface area contributed by atoms with E-state index in [9.17, 15) is 4.79 Å². The molecule has 1 aromatic heterocycles. The summed E-state index contributed by atoms with van der Waals surface area (Å²) in [4.78, 5) is 17.7. The first-order chi connectivity index (χ1) is 14.0. The Morgan fingerprint density at radius 2 is 1.93 bits per heavy atom. The summed E-state index contributed by atoms with van der Waals surface area (Å²) in [6, 6.07) is 13.6. The smallest absolute Gasteiger partial charge is 0.256 e. The van der Waals surface area contributed by atoms with E-state index >= 15 is 0 Å². The Kier molecular flexibility index (Phi) is 5.49. The van der Waals surface area contributed by atoms with Crippen LogP contribution in [0.3, 0.4) is 0 Å². The number of nitrogens with zero attached hydrogens (tertiary/aromatic N) is 1. The van der Waals surface area contributed by atoms with Crippen molar-refractivity contribution in [3.63, 3.8) is 0 Å². The van der Waals surface area contributed by atoms with E-state index in [4.69, 9.17) is 9.47 Å². The number of pyridine rings is 1. The molecule has 5 nitrogen and oxygen atoms in total. The molecule has 0 bridgehead atoms. The van der Waals surface area contributed by atoms with E-state index < -0.39 is 0 Å². The molecule has 5 heteroatoms. The van der Waals surface area contributed by atoms with E-state index in [0.29, 0.717) is 23.6 Å². The van der Waals surface area contributed by atoms with E-state index in [1.807, 2.05) is 63.2 Å². The molecule has 1 atom stereocenters. The Labute approximate surface area is 171 Å². The summed E-state index contributed by atoms with van der Waals surface area (Å²) in [7, 11) is 0. The van der Waals surface area contributed by atoms with Gasteiger partial charge >= 0.3 is 0 Å². The third kappa shape index (κ3) is 4.40. The molecule has 1 aliphatic rings. The van der Waals surface area contributed by atoms with Gasteiger partial charge in [0.25, 0.3) is 5.91 Å². The Morgan fingerprint density at radius 3 is 2.72 bits per heavy atom. The highest BCUT2D eigenvalue weighted by Gasteiger charge is 2.18. The molecule has 0 radical (unpaired) electrons. The van der Waals surface area contributed by atoms with Crippen LogP contribution in [-0.2, 0) is 4.74 Å². The van der Waals surface area contributed by atoms with Gasteiger partial charge in [0.15, 0.2) is 0 Å². The van der Waals surface area contributed by atoms with Gasteiger partial charge in [-0.2, -0.15) is 0 Å². The molecule has 2 aromatic carbocycles. The van der Waals surface area contributed by atoms with E-state index in [-0.39, 0.29) is 12.0 Å². The predicted octanol–water partition coefficient (Wildman–Crippen LogP) is 4.97. The number of nitrogens with one attached hydrogen (secondary N) is 1. The second-order valence-electron chi connectivity index (χ2n) is 7.73. The van der Waals surface area contributed by atoms with Crippen LogP contribution < -0.4 is 10.1 Å². The monoisotopic (exact) mass is 390 g/mol. The normalized spacial score (nSPS) is 16.2. The van der Waals surface area contributed by atoms with E-state index in [1.54, 1.807) is 0 Å². The zero-order valence-electron chi connectivity index (χ0n) is 17.1. The third-order valence-corrected chi connectivity index (χ3v) is 5.17. The Hall–Kier alpha value is -2.92. The van der Waals surface area contributed by atoms with Crippen molar-refractivity contribution in [3.8, 4) is 5.75 Å². The molecular weight excluding hydrogens is 364 g/mol. The van der Waals surface area contributed by atoms with Crippen LogP contribution in [0.2, 0.25) is 0 Å². The number of carbonyl (C=O) groups is 1. The van der Waals surface area contributed by atoms with Gasteiger partial charge in [-0.05, 0) is 69.5 Å². The van der Waals surface area contributed by atoms with Gasteiger partial charge in [0, 0.05) is 17.7 Å². The molecule has 0 spiro atoms. The van der Waals surface area contributed by atoms with Crippen LogP contribution in [0.1, 0.15) is 40.0 Å². The summed E-state index contributed by atoms with van der Waals surface area (Å²) in [5.41, 5.74) is 5.07. The van der Waals surface area contributed by atoms with Crippen molar-refractivity contribution in [3.05, 3.63) is 64.8 Å². The molecule has 1 fully saturated rings. The minimum atomic E-state index is -0.170. The average molecular weight is 390 g/mol. The number of anilines is 1. The maximum absolute atomic E-state index is 13.2. The maximum Gasteiger partial charge on any atom is 0.256 e. The molecular formula is C24H26N2O3. The lowest BCUT2D eigenvalue weighted by Crippen LogP contribution is -2.18. The van der Waals surface area contributed by atoms with Crippen molar-refractivity contribution in [2.45, 2.75) is 39.7 Å². The number of carbonyl (C=O) groups excluding carboxylic acids is 1. The van der Waals surface area contributed by atoms with Crippen LogP contribution in [0.4, 0.5) is 5.69 Å². The van der Waals surface area contributed by atoms with Crippen LogP contribution in [0.25, 0.3) is 10.9 Å². The fourth-order valence-corrected chi connectivity index (χ4v) is 3.66. The number of benzene rings is 2. The molecule has 1 aliphatic heterocycles. The highest BCUT2D eigenvalue weighted by molar-refractivity contribution is 6.13. The molecule has 0 saturated carbocycles. The molecule has 1 unspecified atom stereocenters. The number of hydrogen-bond acceptors (Lipinski definition) is 4. The molecule has 0 aliphatic carbocycles. The minimum absolute atomic E-state index is 0.119. The fourth-order valence-electron chi connectivity index (χ4n) is 3.66. The second kappa shape index (κ2) is 8.21. The first kappa shape index (κ1) is 19.4. The molecule has 29 heavy (non-hydrogen) atoms. The van der Waals surface area contributed by atoms with E-state index in [2.05, 4.69) is 10.3 Å². The zero-order chi connectivity index (χ0) is 20.4. The summed E-state index contributed by atoms with van der Waals surface area (Å²) in [5.74, 6) is 0.497. The van der Waals surface area contributed by atoms with Crippen LogP contribution in [0.5, 0.6) is 5.75 Å². The Balaban J connectivity index is 1.61. The third-order valence-electron chi connectivity index (χ3n) is 5.17. The van der Waals surface area contributed by atoms with Crippen molar-refractivity contribution < 1.29 is 14.3 Å². The van der Waals surface area contributed by atoms with Gasteiger partial charge in [-0.1, -0.05) is 17.7 Å². The zero-order valence-corrected chi connectivity index (χ0v) is 17.1. The summed E-state index contributed by atoms with van der Waals surface area (Å²) in [6.07, 6.45) is 2.20. The Bertz CT molecular complexity index is 1060. The first-order valence-corrected chi connectivity index (χ1v) is 10.0.